The van der Waals surface area contributed by atoms with E-state index in [-0.39, 0.29) is 0 Å². The van der Waals surface area contributed by atoms with Crippen molar-refractivity contribution < 1.29 is 14.3 Å². The van der Waals surface area contributed by atoms with E-state index in [1.165, 1.54) is 0 Å². The smallest absolute Gasteiger partial charge is 0.340 e. The molecule has 22 heavy (non-hydrogen) atoms. The van der Waals surface area contributed by atoms with Gasteiger partial charge in [0, 0.05) is 6.07 Å². The van der Waals surface area contributed by atoms with Gasteiger partial charge >= 0.3 is 5.97 Å². The lowest BCUT2D eigenvalue weighted by Gasteiger charge is -2.09. The van der Waals surface area contributed by atoms with Crippen molar-refractivity contribution in [1.82, 2.24) is 0 Å². The van der Waals surface area contributed by atoms with Crippen LogP contribution < -0.4 is 4.74 Å². The van der Waals surface area contributed by atoms with Crippen molar-refractivity contribution in [1.29, 1.82) is 0 Å². The molecule has 0 aliphatic heterocycles. The van der Waals surface area contributed by atoms with Gasteiger partial charge in [-0.25, -0.2) is 4.79 Å². The Labute approximate surface area is 134 Å². The molecular formula is C17H15NO3S. The lowest BCUT2D eigenvalue weighted by Crippen LogP contribution is -2.05. The van der Waals surface area contributed by atoms with Gasteiger partial charge in [-0.3, -0.25) is 0 Å². The fourth-order valence-electron chi connectivity index (χ4n) is 1.87. The molecule has 0 saturated carbocycles. The molecule has 0 saturated heterocycles. The molecule has 0 spiro atoms. The molecule has 0 fully saturated rings. The molecule has 0 radical (unpaired) electrons. The molecule has 5 heteroatoms. The van der Waals surface area contributed by atoms with Gasteiger partial charge in [-0.05, 0) is 36.8 Å². The van der Waals surface area contributed by atoms with Crippen LogP contribution in [0.15, 0.2) is 53.5 Å². The van der Waals surface area contributed by atoms with Crippen LogP contribution in [0.3, 0.4) is 0 Å². The highest BCUT2D eigenvalue weighted by molar-refractivity contribution is 7.78. The molecule has 0 bridgehead atoms. The summed E-state index contributed by atoms with van der Waals surface area (Å²) in [7, 11) is 0. The Bertz CT molecular complexity index is 694. The number of carbonyl (C=O) groups excluding carboxylic acids is 1. The highest BCUT2D eigenvalue weighted by Crippen LogP contribution is 2.26. The summed E-state index contributed by atoms with van der Waals surface area (Å²) < 4.78 is 10.7. The number of benzene rings is 2. The second kappa shape index (κ2) is 8.08. The molecule has 0 unspecified atom stereocenters. The van der Waals surface area contributed by atoms with E-state index in [9.17, 15) is 4.79 Å². The van der Waals surface area contributed by atoms with Crippen molar-refractivity contribution in [2.45, 2.75) is 13.5 Å². The zero-order chi connectivity index (χ0) is 15.8. The van der Waals surface area contributed by atoms with Crippen LogP contribution in [0.2, 0.25) is 0 Å². The summed E-state index contributed by atoms with van der Waals surface area (Å²) >= 11 is 4.62. The number of aliphatic imine (C=N–C) groups is 1. The fourth-order valence-corrected chi connectivity index (χ4v) is 1.96. The predicted molar refractivity (Wildman–Crippen MR) is 87.9 cm³/mol. The third-order valence-corrected chi connectivity index (χ3v) is 2.97. The summed E-state index contributed by atoms with van der Waals surface area (Å²) in [5.74, 6) is 0.155. The first-order valence-corrected chi connectivity index (χ1v) is 7.21. The van der Waals surface area contributed by atoms with Gasteiger partial charge in [-0.2, -0.15) is 4.99 Å². The van der Waals surface area contributed by atoms with Crippen molar-refractivity contribution in [2.24, 2.45) is 4.99 Å². The van der Waals surface area contributed by atoms with Gasteiger partial charge in [0.15, 0.2) is 0 Å². The number of isothiocyanates is 1. The Hall–Kier alpha value is -2.49. The van der Waals surface area contributed by atoms with Crippen molar-refractivity contribution in [3.63, 3.8) is 0 Å². The Morgan fingerprint density at radius 1 is 1.23 bits per heavy atom. The van der Waals surface area contributed by atoms with Crippen LogP contribution >= 0.6 is 12.2 Å². The van der Waals surface area contributed by atoms with Crippen LogP contribution in [0.25, 0.3) is 0 Å². The summed E-state index contributed by atoms with van der Waals surface area (Å²) in [4.78, 5) is 15.8. The Morgan fingerprint density at radius 3 is 2.68 bits per heavy atom. The van der Waals surface area contributed by atoms with E-state index in [1.54, 1.807) is 25.1 Å². The first kappa shape index (κ1) is 15.9. The van der Waals surface area contributed by atoms with Crippen LogP contribution in [0.1, 0.15) is 22.8 Å². The zero-order valence-corrected chi connectivity index (χ0v) is 12.9. The quantitative estimate of drug-likeness (QED) is 0.456. The molecule has 2 aromatic rings. The number of ether oxygens (including phenoxy) is 2. The maximum absolute atomic E-state index is 11.8. The van der Waals surface area contributed by atoms with Gasteiger partial charge in [0.05, 0.1) is 23.0 Å². The number of esters is 1. The second-order valence-electron chi connectivity index (χ2n) is 4.38. The maximum atomic E-state index is 11.8. The van der Waals surface area contributed by atoms with E-state index in [0.29, 0.717) is 30.2 Å². The number of nitrogens with zero attached hydrogens (tertiary/aromatic N) is 1. The molecule has 0 atom stereocenters. The lowest BCUT2D eigenvalue weighted by atomic mass is 10.1. The van der Waals surface area contributed by atoms with Crippen LogP contribution in [0.5, 0.6) is 5.75 Å². The van der Waals surface area contributed by atoms with E-state index in [2.05, 4.69) is 22.4 Å². The van der Waals surface area contributed by atoms with E-state index in [1.807, 2.05) is 30.3 Å². The number of carbonyl (C=O) groups is 1. The predicted octanol–water partition coefficient (Wildman–Crippen LogP) is 4.18. The maximum Gasteiger partial charge on any atom is 0.340 e. The van der Waals surface area contributed by atoms with Crippen molar-refractivity contribution >= 4 is 29.0 Å². The van der Waals surface area contributed by atoms with Crippen LogP contribution in [0, 0.1) is 0 Å². The summed E-state index contributed by atoms with van der Waals surface area (Å²) in [5, 5.41) is 2.27. The Balaban J connectivity index is 2.18. The van der Waals surface area contributed by atoms with E-state index in [4.69, 9.17) is 9.47 Å². The Kier molecular flexibility index (Phi) is 5.83. The number of thiocarbonyl (C=S) groups is 1. The first-order valence-electron chi connectivity index (χ1n) is 6.80. The van der Waals surface area contributed by atoms with Crippen molar-refractivity contribution in [3.8, 4) is 5.75 Å². The van der Waals surface area contributed by atoms with Crippen LogP contribution in [-0.2, 0) is 11.3 Å². The summed E-state index contributed by atoms with van der Waals surface area (Å²) in [6.45, 7) is 2.48. The number of hydrogen-bond acceptors (Lipinski definition) is 5. The Morgan fingerprint density at radius 2 is 2.00 bits per heavy atom. The molecule has 0 amide bonds. The molecule has 2 aromatic carbocycles. The number of rotatable bonds is 6. The molecule has 0 N–H and O–H groups in total. The standard InChI is InChI=1S/C17H15NO3S/c1-2-20-17(19)15-9-8-14(10-16(15)18-12-22)21-11-13-6-4-3-5-7-13/h3-10H,2,11H2,1H3. The molecule has 0 aliphatic rings. The zero-order valence-electron chi connectivity index (χ0n) is 12.1. The topological polar surface area (TPSA) is 47.9 Å². The van der Waals surface area contributed by atoms with Crippen molar-refractivity contribution in [2.75, 3.05) is 6.61 Å². The average Bonchev–Trinajstić information content (AvgIpc) is 2.54. The largest absolute Gasteiger partial charge is 0.489 e. The van der Waals surface area contributed by atoms with Gasteiger partial charge < -0.3 is 9.47 Å². The monoisotopic (exact) mass is 313 g/mol. The van der Waals surface area contributed by atoms with Crippen LogP contribution in [-0.4, -0.2) is 17.7 Å². The van der Waals surface area contributed by atoms with Crippen LogP contribution in [0.4, 0.5) is 5.69 Å². The minimum Gasteiger partial charge on any atom is -0.489 e. The van der Waals surface area contributed by atoms with Gasteiger partial charge in [0.2, 0.25) is 0 Å². The second-order valence-corrected chi connectivity index (χ2v) is 4.56. The first-order chi connectivity index (χ1) is 10.7. The van der Waals surface area contributed by atoms with Gasteiger partial charge in [0.25, 0.3) is 0 Å². The molecule has 2 rings (SSSR count). The minimum absolute atomic E-state index is 0.297. The third kappa shape index (κ3) is 4.25. The van der Waals surface area contributed by atoms with E-state index < -0.39 is 5.97 Å². The minimum atomic E-state index is -0.443. The molecular weight excluding hydrogens is 298 g/mol. The molecule has 0 aliphatic carbocycles. The molecule has 112 valence electrons. The third-order valence-electron chi connectivity index (χ3n) is 2.88. The SMILES string of the molecule is CCOC(=O)c1ccc(OCc2ccccc2)cc1N=C=S. The lowest BCUT2D eigenvalue weighted by molar-refractivity contribution is 0.0527. The molecule has 0 heterocycles. The molecule has 0 aromatic heterocycles. The van der Waals surface area contributed by atoms with E-state index in [0.717, 1.165) is 5.56 Å². The summed E-state index contributed by atoms with van der Waals surface area (Å²) in [5.41, 5.74) is 1.78. The average molecular weight is 313 g/mol. The molecule has 4 nitrogen and oxygen atoms in total. The van der Waals surface area contributed by atoms with E-state index >= 15 is 0 Å². The van der Waals surface area contributed by atoms with Gasteiger partial charge in [-0.15, -0.1) is 0 Å². The summed E-state index contributed by atoms with van der Waals surface area (Å²) in [6.07, 6.45) is 0. The highest BCUT2D eigenvalue weighted by atomic mass is 32.1. The normalized spacial score (nSPS) is 9.68. The van der Waals surface area contributed by atoms with Gasteiger partial charge in [-0.1, -0.05) is 30.3 Å². The number of hydrogen-bond donors (Lipinski definition) is 0. The highest BCUT2D eigenvalue weighted by Gasteiger charge is 2.13. The van der Waals surface area contributed by atoms with Gasteiger partial charge in [0.1, 0.15) is 12.4 Å². The van der Waals surface area contributed by atoms with Crippen molar-refractivity contribution in [3.05, 3.63) is 59.7 Å². The summed E-state index contributed by atoms with van der Waals surface area (Å²) in [6, 6.07) is 14.8. The fraction of sp³-hybridized carbons (Fsp3) is 0.176.